The van der Waals surface area contributed by atoms with E-state index in [1.807, 2.05) is 24.3 Å². The summed E-state index contributed by atoms with van der Waals surface area (Å²) in [4.78, 5) is 0. The highest BCUT2D eigenvalue weighted by molar-refractivity contribution is 5.81. The molecule has 1 aliphatic rings. The molecule has 0 unspecified atom stereocenters. The summed E-state index contributed by atoms with van der Waals surface area (Å²) in [6.45, 7) is 17.5. The molecule has 1 aliphatic carbocycles. The highest BCUT2D eigenvalue weighted by Gasteiger charge is 2.34. The zero-order valence-electron chi connectivity index (χ0n) is 35.0. The molecule has 0 bridgehead atoms. The molecule has 0 aromatic heterocycles. The Bertz CT molecular complexity index is 2520. The largest absolute Gasteiger partial charge is 0.0622 e. The van der Waals surface area contributed by atoms with Gasteiger partial charge in [-0.2, -0.15) is 0 Å². The zero-order valence-corrected chi connectivity index (χ0v) is 35.0. The molecule has 9 rings (SSSR count). The fraction of sp³-hybridized carbons (Fsp3) is 0.158. The van der Waals surface area contributed by atoms with Gasteiger partial charge in [0.1, 0.15) is 0 Å². The summed E-state index contributed by atoms with van der Waals surface area (Å²) in [5, 5.41) is 0. The van der Waals surface area contributed by atoms with Crippen molar-refractivity contribution in [1.82, 2.24) is 0 Å². The summed E-state index contributed by atoms with van der Waals surface area (Å²) in [5.41, 5.74) is 21.6. The van der Waals surface area contributed by atoms with Crippen LogP contribution in [-0.2, 0) is 5.41 Å². The van der Waals surface area contributed by atoms with E-state index < -0.39 is 0 Å². The Morgan fingerprint density at radius 1 is 0.263 bits per heavy atom. The SMILES string of the molecule is Cc1ccc(-c2ccccc2)cc1.Cc1ccc2c(c1)C(C)(C)c1ccccc1-2.Cc1cccc(-c2ccc(C)c(-c3ccccc3C)c2)c1.Cc1ccccc1. The summed E-state index contributed by atoms with van der Waals surface area (Å²) in [6.07, 6.45) is 0. The molecule has 0 heterocycles. The van der Waals surface area contributed by atoms with E-state index in [9.17, 15) is 0 Å². The van der Waals surface area contributed by atoms with Gasteiger partial charge >= 0.3 is 0 Å². The van der Waals surface area contributed by atoms with Crippen LogP contribution in [-0.4, -0.2) is 0 Å². The molecular weight excluding hydrogens is 685 g/mol. The van der Waals surface area contributed by atoms with E-state index in [0.717, 1.165) is 0 Å². The number of hydrogen-bond donors (Lipinski definition) is 0. The first-order chi connectivity index (χ1) is 27.5. The minimum absolute atomic E-state index is 0.151. The zero-order chi connectivity index (χ0) is 40.4. The Morgan fingerprint density at radius 2 is 0.719 bits per heavy atom. The maximum absolute atomic E-state index is 2.33. The number of rotatable bonds is 3. The number of hydrogen-bond acceptors (Lipinski definition) is 0. The number of benzene rings is 8. The smallest absolute Gasteiger partial charge is 0.0158 e. The van der Waals surface area contributed by atoms with E-state index in [1.165, 1.54) is 89.0 Å². The lowest BCUT2D eigenvalue weighted by Crippen LogP contribution is -2.14. The molecule has 57 heavy (non-hydrogen) atoms. The summed E-state index contributed by atoms with van der Waals surface area (Å²) in [5.74, 6) is 0. The molecule has 8 aromatic carbocycles. The van der Waals surface area contributed by atoms with Crippen LogP contribution in [0.1, 0.15) is 58.4 Å². The van der Waals surface area contributed by atoms with Crippen molar-refractivity contribution in [3.05, 3.63) is 239 Å². The Kier molecular flexibility index (Phi) is 13.2. The van der Waals surface area contributed by atoms with Crippen LogP contribution in [0.5, 0.6) is 0 Å². The molecule has 284 valence electrons. The van der Waals surface area contributed by atoms with Gasteiger partial charge < -0.3 is 0 Å². The predicted octanol–water partition coefficient (Wildman–Crippen LogP) is 15.9. The summed E-state index contributed by atoms with van der Waals surface area (Å²) >= 11 is 0. The first-order valence-electron chi connectivity index (χ1n) is 20.1. The second-order valence-corrected chi connectivity index (χ2v) is 15.8. The average Bonchev–Trinajstić information content (AvgIpc) is 3.45. The Morgan fingerprint density at radius 3 is 1.37 bits per heavy atom. The lowest BCUT2D eigenvalue weighted by atomic mass is 9.82. The Balaban J connectivity index is 0.000000136. The predicted molar refractivity (Wildman–Crippen MR) is 248 cm³/mol. The molecule has 8 aromatic rings. The van der Waals surface area contributed by atoms with E-state index in [2.05, 4.69) is 225 Å². The highest BCUT2D eigenvalue weighted by Crippen LogP contribution is 2.48. The van der Waals surface area contributed by atoms with Gasteiger partial charge in [-0.15, -0.1) is 0 Å². The van der Waals surface area contributed by atoms with Crippen LogP contribution in [0.15, 0.2) is 194 Å². The lowest BCUT2D eigenvalue weighted by Gasteiger charge is -2.21. The third-order valence-corrected chi connectivity index (χ3v) is 10.9. The van der Waals surface area contributed by atoms with Crippen molar-refractivity contribution < 1.29 is 0 Å². The standard InChI is InChI=1S/C21H20.C16H16.C13H12.C7H8/c1-15-7-6-9-18(13-15)19-12-11-17(3)21(14-19)20-10-5-4-8-16(20)2;1-11-8-9-13-12-6-4-5-7-14(12)16(2,3)15(13)10-11;1-11-7-9-13(10-8-11)12-5-3-2-4-6-12;1-7-5-3-2-4-6-7/h4-14H,1-3H3;4-10H,1-3H3;2-10H,1H3;2-6H,1H3. The van der Waals surface area contributed by atoms with E-state index in [4.69, 9.17) is 0 Å². The minimum Gasteiger partial charge on any atom is -0.0622 e. The van der Waals surface area contributed by atoms with Gasteiger partial charge in [0.25, 0.3) is 0 Å². The van der Waals surface area contributed by atoms with Crippen LogP contribution in [0.3, 0.4) is 0 Å². The van der Waals surface area contributed by atoms with Gasteiger partial charge in [-0.25, -0.2) is 0 Å². The van der Waals surface area contributed by atoms with E-state index in [1.54, 1.807) is 0 Å². The molecule has 0 spiro atoms. The Labute approximate surface area is 342 Å². The first-order valence-corrected chi connectivity index (χ1v) is 20.1. The maximum atomic E-state index is 2.33. The average molecular weight is 741 g/mol. The van der Waals surface area contributed by atoms with Crippen molar-refractivity contribution in [2.24, 2.45) is 0 Å². The van der Waals surface area contributed by atoms with Gasteiger partial charge in [0.05, 0.1) is 0 Å². The fourth-order valence-corrected chi connectivity index (χ4v) is 7.52. The van der Waals surface area contributed by atoms with E-state index >= 15 is 0 Å². The van der Waals surface area contributed by atoms with Crippen LogP contribution in [0.4, 0.5) is 0 Å². The van der Waals surface area contributed by atoms with Crippen molar-refractivity contribution in [3.63, 3.8) is 0 Å². The molecule has 0 nitrogen and oxygen atoms in total. The van der Waals surface area contributed by atoms with Gasteiger partial charge in [-0.1, -0.05) is 224 Å². The van der Waals surface area contributed by atoms with Gasteiger partial charge in [-0.3, -0.25) is 0 Å². The second kappa shape index (κ2) is 18.6. The van der Waals surface area contributed by atoms with Gasteiger partial charge in [0.15, 0.2) is 0 Å². The third-order valence-electron chi connectivity index (χ3n) is 10.9. The first kappa shape index (κ1) is 40.4. The minimum atomic E-state index is 0.151. The van der Waals surface area contributed by atoms with Crippen molar-refractivity contribution in [1.29, 1.82) is 0 Å². The highest BCUT2D eigenvalue weighted by atomic mass is 14.4. The molecule has 0 aliphatic heterocycles. The van der Waals surface area contributed by atoms with Crippen LogP contribution >= 0.6 is 0 Å². The summed E-state index contributed by atoms with van der Waals surface area (Å²) in [6, 6.07) is 68.9. The molecule has 0 heteroatoms. The molecule has 0 saturated carbocycles. The lowest BCUT2D eigenvalue weighted by molar-refractivity contribution is 0.660. The molecule has 0 atom stereocenters. The van der Waals surface area contributed by atoms with Crippen molar-refractivity contribution in [3.8, 4) is 44.5 Å². The maximum Gasteiger partial charge on any atom is 0.0158 e. The monoisotopic (exact) mass is 740 g/mol. The number of fused-ring (bicyclic) bond motifs is 3. The fourth-order valence-electron chi connectivity index (χ4n) is 7.52. The second-order valence-electron chi connectivity index (χ2n) is 15.8. The molecule has 0 amide bonds. The third kappa shape index (κ3) is 10.1. The summed E-state index contributed by atoms with van der Waals surface area (Å²) in [7, 11) is 0. The van der Waals surface area contributed by atoms with Crippen molar-refractivity contribution in [2.75, 3.05) is 0 Å². The quantitative estimate of drug-likeness (QED) is 0.169. The van der Waals surface area contributed by atoms with Crippen LogP contribution in [0, 0.1) is 41.5 Å². The van der Waals surface area contributed by atoms with E-state index in [-0.39, 0.29) is 5.41 Å². The number of aryl methyl sites for hydroxylation is 6. The van der Waals surface area contributed by atoms with Crippen LogP contribution in [0.2, 0.25) is 0 Å². The Hall–Kier alpha value is -6.24. The molecule has 0 N–H and O–H groups in total. The molecule has 0 saturated heterocycles. The molecular formula is C57H56. The van der Waals surface area contributed by atoms with Crippen LogP contribution in [0.25, 0.3) is 44.5 Å². The van der Waals surface area contributed by atoms with Gasteiger partial charge in [-0.05, 0) is 114 Å². The van der Waals surface area contributed by atoms with E-state index in [0.29, 0.717) is 0 Å². The normalized spacial score (nSPS) is 11.6. The van der Waals surface area contributed by atoms with Crippen molar-refractivity contribution in [2.45, 2.75) is 60.8 Å². The van der Waals surface area contributed by atoms with Crippen LogP contribution < -0.4 is 0 Å². The van der Waals surface area contributed by atoms with Crippen molar-refractivity contribution >= 4 is 0 Å². The van der Waals surface area contributed by atoms with Gasteiger partial charge in [0.2, 0.25) is 0 Å². The summed E-state index contributed by atoms with van der Waals surface area (Å²) < 4.78 is 0. The molecule has 0 radical (unpaired) electrons. The topological polar surface area (TPSA) is 0 Å². The van der Waals surface area contributed by atoms with Gasteiger partial charge in [0, 0.05) is 5.41 Å². The molecule has 0 fully saturated rings.